The van der Waals surface area contributed by atoms with E-state index in [1.807, 2.05) is 0 Å². The molecule has 0 rings (SSSR count). The molecular formula is C15H28O2Si. The lowest BCUT2D eigenvalue weighted by atomic mass is 10.2. The van der Waals surface area contributed by atoms with E-state index in [0.29, 0.717) is 6.61 Å². The van der Waals surface area contributed by atoms with Crippen LogP contribution in [-0.4, -0.2) is 27.1 Å². The molecule has 0 bridgehead atoms. The van der Waals surface area contributed by atoms with Gasteiger partial charge in [0, 0.05) is 0 Å². The van der Waals surface area contributed by atoms with Crippen molar-refractivity contribution >= 4 is 8.32 Å². The Balaban J connectivity index is 4.82. The maximum atomic E-state index is 6.29. The Bertz CT molecular complexity index is 289. The van der Waals surface area contributed by atoms with Crippen molar-refractivity contribution in [1.29, 1.82) is 0 Å². The second-order valence-corrected chi connectivity index (χ2v) is 10.7. The molecule has 2 atom stereocenters. The van der Waals surface area contributed by atoms with E-state index in [4.69, 9.17) is 9.16 Å². The molecule has 0 aliphatic heterocycles. The van der Waals surface area contributed by atoms with E-state index in [1.165, 1.54) is 0 Å². The maximum Gasteiger partial charge on any atom is 0.193 e. The lowest BCUT2D eigenvalue weighted by molar-refractivity contribution is 0.0309. The first-order chi connectivity index (χ1) is 8.19. The average molecular weight is 268 g/mol. The van der Waals surface area contributed by atoms with Gasteiger partial charge in [-0.15, -0.1) is 19.7 Å². The Hall–Kier alpha value is -0.643. The van der Waals surface area contributed by atoms with Crippen molar-refractivity contribution in [3.63, 3.8) is 0 Å². The fraction of sp³-hybridized carbons (Fsp3) is 0.600. The Kier molecular flexibility index (Phi) is 6.82. The van der Waals surface area contributed by atoms with Crippen molar-refractivity contribution in [2.45, 2.75) is 51.1 Å². The summed E-state index contributed by atoms with van der Waals surface area (Å²) in [7, 11) is -1.83. The van der Waals surface area contributed by atoms with Gasteiger partial charge in [-0.1, -0.05) is 39.0 Å². The normalized spacial score (nSPS) is 15.8. The second kappa shape index (κ2) is 7.07. The highest BCUT2D eigenvalue weighted by molar-refractivity contribution is 6.74. The van der Waals surface area contributed by atoms with Crippen LogP contribution in [0.15, 0.2) is 38.0 Å². The molecule has 0 saturated heterocycles. The minimum absolute atomic E-state index is 0.150. The van der Waals surface area contributed by atoms with E-state index in [1.54, 1.807) is 18.2 Å². The van der Waals surface area contributed by atoms with Crippen molar-refractivity contribution in [3.8, 4) is 0 Å². The quantitative estimate of drug-likeness (QED) is 0.482. The third-order valence-corrected chi connectivity index (χ3v) is 7.91. The Morgan fingerprint density at radius 3 is 1.89 bits per heavy atom. The van der Waals surface area contributed by atoms with Gasteiger partial charge in [0.2, 0.25) is 0 Å². The van der Waals surface area contributed by atoms with Crippen LogP contribution in [-0.2, 0) is 9.16 Å². The van der Waals surface area contributed by atoms with Crippen LogP contribution < -0.4 is 0 Å². The Morgan fingerprint density at radius 2 is 1.56 bits per heavy atom. The van der Waals surface area contributed by atoms with Crippen LogP contribution in [0.4, 0.5) is 0 Å². The summed E-state index contributed by atoms with van der Waals surface area (Å²) < 4.78 is 11.9. The second-order valence-electron chi connectivity index (χ2n) is 5.90. The van der Waals surface area contributed by atoms with E-state index in [-0.39, 0.29) is 17.2 Å². The highest BCUT2D eigenvalue weighted by Crippen LogP contribution is 2.37. The van der Waals surface area contributed by atoms with Gasteiger partial charge in [-0.2, -0.15) is 0 Å². The smallest absolute Gasteiger partial charge is 0.193 e. The van der Waals surface area contributed by atoms with Crippen molar-refractivity contribution in [2.24, 2.45) is 0 Å². The zero-order chi connectivity index (χ0) is 14.4. The molecular weight excluding hydrogens is 240 g/mol. The van der Waals surface area contributed by atoms with Gasteiger partial charge in [0.1, 0.15) is 6.10 Å². The molecule has 104 valence electrons. The SMILES string of the molecule is C=CCO[C@H](C=C)[C@@H](C=C)O[Si](C)(C)C(C)(C)C. The monoisotopic (exact) mass is 268 g/mol. The number of ether oxygens (including phenoxy) is 1. The molecule has 0 aromatic carbocycles. The van der Waals surface area contributed by atoms with Gasteiger partial charge in [0.05, 0.1) is 12.7 Å². The highest BCUT2D eigenvalue weighted by Gasteiger charge is 2.39. The molecule has 0 aliphatic carbocycles. The zero-order valence-corrected chi connectivity index (χ0v) is 13.5. The van der Waals surface area contributed by atoms with Crippen LogP contribution in [0.5, 0.6) is 0 Å². The predicted molar refractivity (Wildman–Crippen MR) is 82.4 cm³/mol. The average Bonchev–Trinajstić information content (AvgIpc) is 2.26. The number of hydrogen-bond donors (Lipinski definition) is 0. The van der Waals surface area contributed by atoms with Crippen molar-refractivity contribution in [2.75, 3.05) is 6.61 Å². The highest BCUT2D eigenvalue weighted by atomic mass is 28.4. The van der Waals surface area contributed by atoms with E-state index in [2.05, 4.69) is 53.6 Å². The molecule has 0 unspecified atom stereocenters. The standard InChI is InChI=1S/C15H28O2Si/c1-9-12-16-13(10-2)14(11-3)17-18(7,8)15(4,5)6/h9-11,13-14H,1-3,12H2,4-8H3/t13-,14-/m1/s1. The molecule has 0 spiro atoms. The molecule has 0 heterocycles. The molecule has 0 saturated carbocycles. The van der Waals surface area contributed by atoms with E-state index >= 15 is 0 Å². The first kappa shape index (κ1) is 17.4. The van der Waals surface area contributed by atoms with E-state index in [9.17, 15) is 0 Å². The van der Waals surface area contributed by atoms with Crippen LogP contribution in [0.3, 0.4) is 0 Å². The fourth-order valence-electron chi connectivity index (χ4n) is 1.24. The first-order valence-electron chi connectivity index (χ1n) is 6.35. The summed E-state index contributed by atoms with van der Waals surface area (Å²) in [6.07, 6.45) is 4.97. The van der Waals surface area contributed by atoms with Gasteiger partial charge in [-0.05, 0) is 18.1 Å². The summed E-state index contributed by atoms with van der Waals surface area (Å²) in [6.45, 7) is 22.9. The topological polar surface area (TPSA) is 18.5 Å². The van der Waals surface area contributed by atoms with Gasteiger partial charge in [0.15, 0.2) is 8.32 Å². The summed E-state index contributed by atoms with van der Waals surface area (Å²) in [6, 6.07) is 0. The van der Waals surface area contributed by atoms with Crippen LogP contribution in [0.1, 0.15) is 20.8 Å². The van der Waals surface area contributed by atoms with Gasteiger partial charge < -0.3 is 9.16 Å². The van der Waals surface area contributed by atoms with Gasteiger partial charge in [-0.25, -0.2) is 0 Å². The molecule has 0 N–H and O–H groups in total. The number of hydrogen-bond acceptors (Lipinski definition) is 2. The molecule has 0 aromatic rings. The third-order valence-electron chi connectivity index (χ3n) is 3.43. The van der Waals surface area contributed by atoms with Gasteiger partial charge in [-0.3, -0.25) is 0 Å². The van der Waals surface area contributed by atoms with Crippen LogP contribution in [0, 0.1) is 0 Å². The summed E-state index contributed by atoms with van der Waals surface area (Å²) in [4.78, 5) is 0. The molecule has 0 radical (unpaired) electrons. The Labute approximate surface area is 114 Å². The molecule has 0 fully saturated rings. The van der Waals surface area contributed by atoms with Crippen molar-refractivity contribution in [3.05, 3.63) is 38.0 Å². The minimum atomic E-state index is -1.83. The summed E-state index contributed by atoms with van der Waals surface area (Å²) in [5, 5.41) is 0.165. The predicted octanol–water partition coefficient (Wildman–Crippen LogP) is 4.32. The minimum Gasteiger partial charge on any atom is -0.408 e. The molecule has 0 aliphatic rings. The largest absolute Gasteiger partial charge is 0.408 e. The van der Waals surface area contributed by atoms with Gasteiger partial charge >= 0.3 is 0 Å². The van der Waals surface area contributed by atoms with Crippen molar-refractivity contribution in [1.82, 2.24) is 0 Å². The summed E-state index contributed by atoms with van der Waals surface area (Å²) >= 11 is 0. The molecule has 3 heteroatoms. The molecule has 18 heavy (non-hydrogen) atoms. The van der Waals surface area contributed by atoms with Crippen molar-refractivity contribution < 1.29 is 9.16 Å². The van der Waals surface area contributed by atoms with Crippen LogP contribution in [0.25, 0.3) is 0 Å². The van der Waals surface area contributed by atoms with Crippen LogP contribution >= 0.6 is 0 Å². The van der Waals surface area contributed by atoms with E-state index in [0.717, 1.165) is 0 Å². The maximum absolute atomic E-state index is 6.29. The molecule has 2 nitrogen and oxygen atoms in total. The first-order valence-corrected chi connectivity index (χ1v) is 9.26. The summed E-state index contributed by atoms with van der Waals surface area (Å²) in [5.74, 6) is 0. The van der Waals surface area contributed by atoms with Crippen LogP contribution in [0.2, 0.25) is 18.1 Å². The third kappa shape index (κ3) is 4.92. The lowest BCUT2D eigenvalue weighted by Gasteiger charge is -2.40. The lowest BCUT2D eigenvalue weighted by Crippen LogP contribution is -2.46. The molecule has 0 amide bonds. The van der Waals surface area contributed by atoms with E-state index < -0.39 is 8.32 Å². The van der Waals surface area contributed by atoms with Gasteiger partial charge in [0.25, 0.3) is 0 Å². The zero-order valence-electron chi connectivity index (χ0n) is 12.5. The molecule has 0 aromatic heterocycles. The fourth-order valence-corrected chi connectivity index (χ4v) is 2.51. The summed E-state index contributed by atoms with van der Waals surface area (Å²) in [5.41, 5.74) is 0. The Morgan fingerprint density at radius 1 is 1.06 bits per heavy atom. The number of rotatable bonds is 8.